The van der Waals surface area contributed by atoms with Crippen LogP contribution < -0.4 is 5.32 Å². The largest absolute Gasteiger partial charge is 0.369 e. The van der Waals surface area contributed by atoms with Crippen LogP contribution in [-0.4, -0.2) is 40.4 Å². The summed E-state index contributed by atoms with van der Waals surface area (Å²) in [6.45, 7) is 6.80. The van der Waals surface area contributed by atoms with Crippen LogP contribution in [0.2, 0.25) is 0 Å². The number of carbonyl (C=O) groups is 1. The van der Waals surface area contributed by atoms with Gasteiger partial charge in [-0.15, -0.1) is 0 Å². The molecular weight excluding hydrogens is 216 g/mol. The Morgan fingerprint density at radius 3 is 2.76 bits per heavy atom. The second-order valence-corrected chi connectivity index (χ2v) is 3.99. The molecule has 0 aliphatic rings. The Hall–Kier alpha value is -1.65. The SMILES string of the molecule is CCNc1cncc(C(=O)N(C)C(C)CC)n1. The van der Waals surface area contributed by atoms with Crippen LogP contribution in [0.15, 0.2) is 12.4 Å². The lowest BCUT2D eigenvalue weighted by Crippen LogP contribution is -2.35. The highest BCUT2D eigenvalue weighted by molar-refractivity contribution is 5.92. The summed E-state index contributed by atoms with van der Waals surface area (Å²) in [6, 6.07) is 0.201. The summed E-state index contributed by atoms with van der Waals surface area (Å²) in [4.78, 5) is 22.0. The first-order valence-corrected chi connectivity index (χ1v) is 5.93. The number of anilines is 1. The van der Waals surface area contributed by atoms with Crippen molar-refractivity contribution in [3.05, 3.63) is 18.1 Å². The molecule has 1 atom stereocenters. The van der Waals surface area contributed by atoms with Gasteiger partial charge in [-0.05, 0) is 20.3 Å². The molecule has 1 rings (SSSR count). The number of aromatic nitrogens is 2. The van der Waals surface area contributed by atoms with E-state index in [4.69, 9.17) is 0 Å². The molecule has 1 amide bonds. The van der Waals surface area contributed by atoms with Gasteiger partial charge < -0.3 is 10.2 Å². The second-order valence-electron chi connectivity index (χ2n) is 3.99. The summed E-state index contributed by atoms with van der Waals surface area (Å²) >= 11 is 0. The van der Waals surface area contributed by atoms with Crippen molar-refractivity contribution < 1.29 is 4.79 Å². The van der Waals surface area contributed by atoms with E-state index >= 15 is 0 Å². The van der Waals surface area contributed by atoms with Crippen molar-refractivity contribution in [2.24, 2.45) is 0 Å². The number of carbonyl (C=O) groups excluding carboxylic acids is 1. The summed E-state index contributed by atoms with van der Waals surface area (Å²) in [7, 11) is 1.79. The minimum Gasteiger partial charge on any atom is -0.369 e. The number of amides is 1. The Bertz CT molecular complexity index is 381. The maximum Gasteiger partial charge on any atom is 0.274 e. The zero-order valence-electron chi connectivity index (χ0n) is 10.9. The van der Waals surface area contributed by atoms with Gasteiger partial charge in [0.15, 0.2) is 0 Å². The molecule has 0 aromatic carbocycles. The number of hydrogen-bond donors (Lipinski definition) is 1. The maximum absolute atomic E-state index is 12.1. The smallest absolute Gasteiger partial charge is 0.274 e. The van der Waals surface area contributed by atoms with Crippen LogP contribution >= 0.6 is 0 Å². The quantitative estimate of drug-likeness (QED) is 0.846. The van der Waals surface area contributed by atoms with Crippen LogP contribution in [0.3, 0.4) is 0 Å². The standard InChI is InChI=1S/C12H20N4O/c1-5-9(3)16(4)12(17)10-7-13-8-11(15-10)14-6-2/h7-9H,5-6H2,1-4H3,(H,14,15). The zero-order valence-corrected chi connectivity index (χ0v) is 10.9. The molecule has 1 N–H and O–H groups in total. The lowest BCUT2D eigenvalue weighted by molar-refractivity contribution is 0.0734. The van der Waals surface area contributed by atoms with E-state index in [2.05, 4.69) is 22.2 Å². The Balaban J connectivity index is 2.84. The molecule has 5 heteroatoms. The molecule has 1 heterocycles. The third kappa shape index (κ3) is 3.41. The van der Waals surface area contributed by atoms with Crippen molar-refractivity contribution in [3.63, 3.8) is 0 Å². The van der Waals surface area contributed by atoms with Gasteiger partial charge in [0.2, 0.25) is 0 Å². The van der Waals surface area contributed by atoms with Gasteiger partial charge in [-0.2, -0.15) is 0 Å². The average Bonchev–Trinajstić information content (AvgIpc) is 2.36. The summed E-state index contributed by atoms with van der Waals surface area (Å²) in [5.74, 6) is 0.544. The molecule has 5 nitrogen and oxygen atoms in total. The van der Waals surface area contributed by atoms with Crippen molar-refractivity contribution in [1.29, 1.82) is 0 Å². The van der Waals surface area contributed by atoms with Gasteiger partial charge in [-0.1, -0.05) is 6.92 Å². The first kappa shape index (κ1) is 13.4. The fourth-order valence-electron chi connectivity index (χ4n) is 1.39. The minimum atomic E-state index is -0.0911. The topological polar surface area (TPSA) is 58.1 Å². The predicted molar refractivity (Wildman–Crippen MR) is 68.0 cm³/mol. The fraction of sp³-hybridized carbons (Fsp3) is 0.583. The number of hydrogen-bond acceptors (Lipinski definition) is 4. The molecule has 0 aliphatic heterocycles. The van der Waals surface area contributed by atoms with Crippen molar-refractivity contribution in [3.8, 4) is 0 Å². The lowest BCUT2D eigenvalue weighted by Gasteiger charge is -2.23. The number of rotatable bonds is 5. The van der Waals surface area contributed by atoms with Gasteiger partial charge in [-0.25, -0.2) is 4.98 Å². The Kier molecular flexibility index (Phi) is 4.87. The van der Waals surface area contributed by atoms with Crippen LogP contribution in [-0.2, 0) is 0 Å². The van der Waals surface area contributed by atoms with Gasteiger partial charge in [0.25, 0.3) is 5.91 Å². The van der Waals surface area contributed by atoms with Crippen molar-refractivity contribution in [1.82, 2.24) is 14.9 Å². The van der Waals surface area contributed by atoms with Crippen LogP contribution in [0, 0.1) is 0 Å². The van der Waals surface area contributed by atoms with Crippen molar-refractivity contribution in [2.45, 2.75) is 33.2 Å². The summed E-state index contributed by atoms with van der Waals surface area (Å²) in [5, 5.41) is 3.04. The van der Waals surface area contributed by atoms with E-state index < -0.39 is 0 Å². The molecule has 0 saturated heterocycles. The third-order valence-electron chi connectivity index (χ3n) is 2.78. The van der Waals surface area contributed by atoms with E-state index in [0.717, 1.165) is 13.0 Å². The molecule has 0 spiro atoms. The zero-order chi connectivity index (χ0) is 12.8. The first-order chi connectivity index (χ1) is 8.10. The molecule has 1 unspecified atom stereocenters. The van der Waals surface area contributed by atoms with E-state index in [9.17, 15) is 4.79 Å². The van der Waals surface area contributed by atoms with Crippen LogP contribution in [0.5, 0.6) is 0 Å². The Morgan fingerprint density at radius 1 is 1.47 bits per heavy atom. The van der Waals surface area contributed by atoms with Gasteiger partial charge in [0.1, 0.15) is 11.5 Å². The molecule has 94 valence electrons. The molecule has 0 bridgehead atoms. The van der Waals surface area contributed by atoms with Gasteiger partial charge in [0.05, 0.1) is 12.4 Å². The first-order valence-electron chi connectivity index (χ1n) is 5.93. The van der Waals surface area contributed by atoms with Crippen LogP contribution in [0.1, 0.15) is 37.7 Å². The third-order valence-corrected chi connectivity index (χ3v) is 2.78. The molecule has 1 aromatic rings. The van der Waals surface area contributed by atoms with Gasteiger partial charge in [0, 0.05) is 19.6 Å². The van der Waals surface area contributed by atoms with Gasteiger partial charge >= 0.3 is 0 Å². The Morgan fingerprint density at radius 2 is 2.18 bits per heavy atom. The molecule has 0 radical (unpaired) electrons. The summed E-state index contributed by atoms with van der Waals surface area (Å²) in [6.07, 6.45) is 4.04. The van der Waals surface area contributed by atoms with E-state index in [0.29, 0.717) is 11.5 Å². The highest BCUT2D eigenvalue weighted by Crippen LogP contribution is 2.08. The fourth-order valence-corrected chi connectivity index (χ4v) is 1.39. The highest BCUT2D eigenvalue weighted by Gasteiger charge is 2.17. The van der Waals surface area contributed by atoms with Crippen LogP contribution in [0.25, 0.3) is 0 Å². The minimum absolute atomic E-state index is 0.0911. The lowest BCUT2D eigenvalue weighted by atomic mass is 10.2. The molecule has 1 aromatic heterocycles. The summed E-state index contributed by atoms with van der Waals surface area (Å²) < 4.78 is 0. The molecule has 0 saturated carbocycles. The van der Waals surface area contributed by atoms with Crippen molar-refractivity contribution >= 4 is 11.7 Å². The molecule has 0 fully saturated rings. The summed E-state index contributed by atoms with van der Waals surface area (Å²) in [5.41, 5.74) is 0.381. The molecule has 17 heavy (non-hydrogen) atoms. The Labute approximate surface area is 102 Å². The molecular formula is C12H20N4O. The van der Waals surface area contributed by atoms with E-state index in [-0.39, 0.29) is 11.9 Å². The second kappa shape index (κ2) is 6.18. The monoisotopic (exact) mass is 236 g/mol. The van der Waals surface area contributed by atoms with Gasteiger partial charge in [-0.3, -0.25) is 9.78 Å². The van der Waals surface area contributed by atoms with E-state index in [1.807, 2.05) is 13.8 Å². The predicted octanol–water partition coefficient (Wildman–Crippen LogP) is 1.78. The average molecular weight is 236 g/mol. The highest BCUT2D eigenvalue weighted by atomic mass is 16.2. The maximum atomic E-state index is 12.1. The van der Waals surface area contributed by atoms with E-state index in [1.165, 1.54) is 6.20 Å². The number of nitrogens with one attached hydrogen (secondary N) is 1. The number of nitrogens with zero attached hydrogens (tertiary/aromatic N) is 3. The van der Waals surface area contributed by atoms with Crippen molar-refractivity contribution in [2.75, 3.05) is 18.9 Å². The van der Waals surface area contributed by atoms with Crippen LogP contribution in [0.4, 0.5) is 5.82 Å². The molecule has 0 aliphatic carbocycles. The van der Waals surface area contributed by atoms with E-state index in [1.54, 1.807) is 18.1 Å². The normalized spacial score (nSPS) is 12.0.